The number of benzene rings is 3. The van der Waals surface area contributed by atoms with Crippen LogP contribution in [0.15, 0.2) is 78.4 Å². The number of ether oxygens (including phenoxy) is 2. The highest BCUT2D eigenvalue weighted by atomic mass is 16.5. The molecule has 0 aromatic heterocycles. The van der Waals surface area contributed by atoms with Crippen molar-refractivity contribution in [1.29, 1.82) is 0 Å². The SMILES string of the molecule is CCOc1cccc(C2/C(=C(/O)c3ccc(CC)cc3)C(=O)C(=O)N2Cc2ccccc2OC)c1. The van der Waals surface area contributed by atoms with E-state index < -0.39 is 17.7 Å². The van der Waals surface area contributed by atoms with Crippen molar-refractivity contribution in [2.24, 2.45) is 0 Å². The van der Waals surface area contributed by atoms with Gasteiger partial charge in [-0.1, -0.05) is 61.5 Å². The number of hydrogen-bond donors (Lipinski definition) is 1. The average Bonchev–Trinajstić information content (AvgIpc) is 3.14. The summed E-state index contributed by atoms with van der Waals surface area (Å²) in [6.45, 7) is 4.56. The van der Waals surface area contributed by atoms with Crippen LogP contribution in [0.4, 0.5) is 0 Å². The molecule has 1 heterocycles. The summed E-state index contributed by atoms with van der Waals surface area (Å²) in [5, 5.41) is 11.3. The number of para-hydroxylation sites is 1. The van der Waals surface area contributed by atoms with E-state index in [0.717, 1.165) is 17.5 Å². The van der Waals surface area contributed by atoms with E-state index in [4.69, 9.17) is 9.47 Å². The second-order valence-corrected chi connectivity index (χ2v) is 8.29. The van der Waals surface area contributed by atoms with Crippen molar-refractivity contribution in [1.82, 2.24) is 4.90 Å². The molecule has 1 N–H and O–H groups in total. The fourth-order valence-electron chi connectivity index (χ4n) is 4.40. The quantitative estimate of drug-likeness (QED) is 0.275. The minimum absolute atomic E-state index is 0.0581. The third kappa shape index (κ3) is 4.78. The van der Waals surface area contributed by atoms with E-state index in [-0.39, 0.29) is 17.9 Å². The number of carbonyl (C=O) groups is 2. The van der Waals surface area contributed by atoms with Crippen LogP contribution in [-0.2, 0) is 22.6 Å². The van der Waals surface area contributed by atoms with E-state index in [1.807, 2.05) is 74.5 Å². The molecule has 1 aliphatic heterocycles. The van der Waals surface area contributed by atoms with Gasteiger partial charge in [0, 0.05) is 11.1 Å². The van der Waals surface area contributed by atoms with Crippen LogP contribution in [0.25, 0.3) is 5.76 Å². The standard InChI is InChI=1S/C29H29NO5/c1-4-19-13-15-20(16-14-19)27(31)25-26(21-10-8-11-23(17-21)35-5-2)30(29(33)28(25)32)18-22-9-6-7-12-24(22)34-3/h6-17,26,31H,4-5,18H2,1-3H3/b27-25-. The van der Waals surface area contributed by atoms with Crippen molar-refractivity contribution in [3.63, 3.8) is 0 Å². The van der Waals surface area contributed by atoms with Crippen molar-refractivity contribution >= 4 is 17.4 Å². The molecule has 6 nitrogen and oxygen atoms in total. The Morgan fingerprint density at radius 3 is 2.40 bits per heavy atom. The molecule has 0 aliphatic carbocycles. The van der Waals surface area contributed by atoms with E-state index in [1.165, 1.54) is 4.90 Å². The summed E-state index contributed by atoms with van der Waals surface area (Å²) in [6.07, 6.45) is 0.856. The Kier molecular flexibility index (Phi) is 7.20. The van der Waals surface area contributed by atoms with Crippen LogP contribution in [0.1, 0.15) is 42.1 Å². The van der Waals surface area contributed by atoms with Gasteiger partial charge in [0.15, 0.2) is 0 Å². The fraction of sp³-hybridized carbons (Fsp3) is 0.241. The molecule has 180 valence electrons. The minimum atomic E-state index is -0.786. The number of rotatable bonds is 8. The Morgan fingerprint density at radius 2 is 1.71 bits per heavy atom. The molecule has 0 spiro atoms. The van der Waals surface area contributed by atoms with Crippen LogP contribution in [0.2, 0.25) is 0 Å². The molecule has 1 amide bonds. The summed E-state index contributed by atoms with van der Waals surface area (Å²) < 4.78 is 11.1. The van der Waals surface area contributed by atoms with Gasteiger partial charge < -0.3 is 19.5 Å². The molecule has 6 heteroatoms. The number of methoxy groups -OCH3 is 1. The monoisotopic (exact) mass is 471 g/mol. The van der Waals surface area contributed by atoms with Gasteiger partial charge in [-0.05, 0) is 42.7 Å². The highest BCUT2D eigenvalue weighted by Gasteiger charge is 2.46. The maximum atomic E-state index is 13.3. The summed E-state index contributed by atoms with van der Waals surface area (Å²) in [4.78, 5) is 28.1. The second-order valence-electron chi connectivity index (χ2n) is 8.29. The van der Waals surface area contributed by atoms with Crippen LogP contribution < -0.4 is 9.47 Å². The lowest BCUT2D eigenvalue weighted by Gasteiger charge is -2.26. The molecule has 1 fully saturated rings. The summed E-state index contributed by atoms with van der Waals surface area (Å²) in [6, 6.07) is 21.2. The zero-order chi connectivity index (χ0) is 24.9. The number of nitrogens with zero attached hydrogens (tertiary/aromatic N) is 1. The van der Waals surface area contributed by atoms with Gasteiger partial charge in [-0.25, -0.2) is 0 Å². The Hall–Kier alpha value is -4.06. The summed E-state index contributed by atoms with van der Waals surface area (Å²) in [7, 11) is 1.57. The molecular formula is C29H29NO5. The van der Waals surface area contributed by atoms with E-state index in [9.17, 15) is 14.7 Å². The maximum Gasteiger partial charge on any atom is 0.295 e. The summed E-state index contributed by atoms with van der Waals surface area (Å²) in [5.74, 6) is -0.342. The van der Waals surface area contributed by atoms with Crippen LogP contribution in [0, 0.1) is 0 Å². The highest BCUT2D eigenvalue weighted by molar-refractivity contribution is 6.46. The minimum Gasteiger partial charge on any atom is -0.507 e. The average molecular weight is 472 g/mol. The topological polar surface area (TPSA) is 76.1 Å². The van der Waals surface area contributed by atoms with E-state index >= 15 is 0 Å². The van der Waals surface area contributed by atoms with Crippen molar-refractivity contribution in [2.45, 2.75) is 32.9 Å². The molecule has 0 saturated carbocycles. The number of hydrogen-bond acceptors (Lipinski definition) is 5. The van der Waals surface area contributed by atoms with Crippen LogP contribution in [-0.4, -0.2) is 35.4 Å². The number of carbonyl (C=O) groups excluding carboxylic acids is 2. The molecular weight excluding hydrogens is 442 g/mol. The molecule has 1 unspecified atom stereocenters. The zero-order valence-electron chi connectivity index (χ0n) is 20.2. The van der Waals surface area contributed by atoms with Gasteiger partial charge >= 0.3 is 0 Å². The number of aliphatic hydroxyl groups excluding tert-OH is 1. The molecule has 0 radical (unpaired) electrons. The van der Waals surface area contributed by atoms with Gasteiger partial charge in [-0.3, -0.25) is 9.59 Å². The Balaban J connectivity index is 1.86. The molecule has 1 aliphatic rings. The van der Waals surface area contributed by atoms with Crippen molar-refractivity contribution in [3.8, 4) is 11.5 Å². The van der Waals surface area contributed by atoms with Gasteiger partial charge in [0.25, 0.3) is 11.7 Å². The highest BCUT2D eigenvalue weighted by Crippen LogP contribution is 2.41. The summed E-state index contributed by atoms with van der Waals surface area (Å²) in [5.41, 5.74) is 3.09. The number of amides is 1. The number of Topliss-reactive ketones (excluding diaryl/α,β-unsaturated/α-hetero) is 1. The third-order valence-electron chi connectivity index (χ3n) is 6.19. The molecule has 3 aromatic carbocycles. The van der Waals surface area contributed by atoms with E-state index in [1.54, 1.807) is 19.2 Å². The van der Waals surface area contributed by atoms with Gasteiger partial charge in [-0.2, -0.15) is 0 Å². The smallest absolute Gasteiger partial charge is 0.295 e. The number of aliphatic hydroxyl groups is 1. The Morgan fingerprint density at radius 1 is 0.971 bits per heavy atom. The number of ketones is 1. The Bertz CT molecular complexity index is 1260. The molecule has 35 heavy (non-hydrogen) atoms. The van der Waals surface area contributed by atoms with Crippen LogP contribution in [0.5, 0.6) is 11.5 Å². The van der Waals surface area contributed by atoms with Gasteiger partial charge in [-0.15, -0.1) is 0 Å². The van der Waals surface area contributed by atoms with Crippen molar-refractivity contribution < 1.29 is 24.2 Å². The first kappa shape index (κ1) is 24.1. The molecule has 1 saturated heterocycles. The van der Waals surface area contributed by atoms with Crippen molar-refractivity contribution in [2.75, 3.05) is 13.7 Å². The molecule has 4 rings (SSSR count). The normalized spacial score (nSPS) is 17.0. The maximum absolute atomic E-state index is 13.3. The largest absolute Gasteiger partial charge is 0.507 e. The van der Waals surface area contributed by atoms with Gasteiger partial charge in [0.2, 0.25) is 0 Å². The fourth-order valence-corrected chi connectivity index (χ4v) is 4.40. The van der Waals surface area contributed by atoms with Gasteiger partial charge in [0.05, 0.1) is 31.9 Å². The van der Waals surface area contributed by atoms with Crippen LogP contribution in [0.3, 0.4) is 0 Å². The first-order chi connectivity index (χ1) is 17.0. The van der Waals surface area contributed by atoms with Gasteiger partial charge in [0.1, 0.15) is 17.3 Å². The second kappa shape index (κ2) is 10.5. The lowest BCUT2D eigenvalue weighted by Crippen LogP contribution is -2.29. The predicted molar refractivity (Wildman–Crippen MR) is 134 cm³/mol. The first-order valence-electron chi connectivity index (χ1n) is 11.7. The first-order valence-corrected chi connectivity index (χ1v) is 11.7. The molecule has 0 bridgehead atoms. The number of aryl methyl sites for hydroxylation is 1. The zero-order valence-corrected chi connectivity index (χ0v) is 20.2. The molecule has 3 aromatic rings. The number of likely N-dealkylation sites (tertiary alicyclic amines) is 1. The third-order valence-corrected chi connectivity index (χ3v) is 6.19. The Labute approximate surface area is 205 Å². The van der Waals surface area contributed by atoms with E-state index in [0.29, 0.717) is 29.2 Å². The lowest BCUT2D eigenvalue weighted by molar-refractivity contribution is -0.140. The van der Waals surface area contributed by atoms with Crippen molar-refractivity contribution in [3.05, 3.63) is 101 Å². The van der Waals surface area contributed by atoms with Crippen LogP contribution >= 0.6 is 0 Å². The van der Waals surface area contributed by atoms with E-state index in [2.05, 4.69) is 0 Å². The molecule has 1 atom stereocenters. The predicted octanol–water partition coefficient (Wildman–Crippen LogP) is 5.28. The lowest BCUT2D eigenvalue weighted by atomic mass is 9.94. The summed E-state index contributed by atoms with van der Waals surface area (Å²) >= 11 is 0.